The van der Waals surface area contributed by atoms with Crippen LogP contribution in [-0.4, -0.2) is 73.5 Å². The van der Waals surface area contributed by atoms with Crippen LogP contribution in [0.25, 0.3) is 22.0 Å². The average Bonchev–Trinajstić information content (AvgIpc) is 2.90. The molecule has 3 aliphatic rings. The van der Waals surface area contributed by atoms with E-state index in [1.165, 1.54) is 11.0 Å². The number of benzene rings is 2. The molecule has 40 heavy (non-hydrogen) atoms. The van der Waals surface area contributed by atoms with Gasteiger partial charge in [0, 0.05) is 28.6 Å². The van der Waals surface area contributed by atoms with Gasteiger partial charge in [-0.15, -0.1) is 0 Å². The smallest absolute Gasteiger partial charge is 0.255 e. The number of hydrogen-bond donors (Lipinski definition) is 5. The molecule has 0 radical (unpaired) electrons. The zero-order valence-corrected chi connectivity index (χ0v) is 21.8. The predicted octanol–water partition coefficient (Wildman–Crippen LogP) is 2.34. The van der Waals surface area contributed by atoms with Crippen LogP contribution in [0.1, 0.15) is 22.3 Å². The van der Waals surface area contributed by atoms with Crippen molar-refractivity contribution in [2.75, 3.05) is 14.1 Å². The monoisotopic (exact) mass is 541 g/mol. The Bertz CT molecular complexity index is 1720. The van der Waals surface area contributed by atoms with Gasteiger partial charge in [-0.1, -0.05) is 24.3 Å². The number of aromatic hydroxyl groups is 1. The second kappa shape index (κ2) is 8.73. The quantitative estimate of drug-likeness (QED) is 0.312. The molecule has 10 heteroatoms. The van der Waals surface area contributed by atoms with Crippen LogP contribution in [-0.2, 0) is 16.0 Å². The largest absolute Gasteiger partial charge is 0.510 e. The predicted molar refractivity (Wildman–Crippen MR) is 144 cm³/mol. The Balaban J connectivity index is 1.54. The van der Waals surface area contributed by atoms with Crippen LogP contribution in [0.3, 0.4) is 0 Å². The van der Waals surface area contributed by atoms with Crippen molar-refractivity contribution in [1.29, 1.82) is 0 Å². The number of para-hydroxylation sites is 1. The third kappa shape index (κ3) is 3.36. The number of Topliss-reactive ketones (excluding diaryl/α,β-unsaturated/α-hetero) is 2. The van der Waals surface area contributed by atoms with E-state index in [0.717, 1.165) is 16.5 Å². The van der Waals surface area contributed by atoms with Gasteiger partial charge in [0.15, 0.2) is 11.4 Å². The van der Waals surface area contributed by atoms with Crippen LogP contribution in [0.2, 0.25) is 0 Å². The number of nitrogens with zero attached hydrogens (tertiary/aromatic N) is 2. The lowest BCUT2D eigenvalue weighted by atomic mass is 9.58. The summed E-state index contributed by atoms with van der Waals surface area (Å²) in [5.74, 6) is -6.77. The Morgan fingerprint density at radius 1 is 1.10 bits per heavy atom. The Hall–Kier alpha value is -4.54. The number of phenolic OH excluding ortho intramolecular Hbond substituents is 1. The molecule has 0 fully saturated rings. The van der Waals surface area contributed by atoms with Crippen molar-refractivity contribution in [3.63, 3.8) is 0 Å². The summed E-state index contributed by atoms with van der Waals surface area (Å²) in [7, 11) is 3.19. The number of fused-ring (bicyclic) bond motifs is 4. The minimum atomic E-state index is -2.67. The van der Waals surface area contributed by atoms with Crippen LogP contribution in [0.5, 0.6) is 5.75 Å². The summed E-state index contributed by atoms with van der Waals surface area (Å²) in [5.41, 5.74) is 4.42. The summed E-state index contributed by atoms with van der Waals surface area (Å²) in [6.07, 6.45) is 1.92. The van der Waals surface area contributed by atoms with Gasteiger partial charge in [0.1, 0.15) is 22.8 Å². The minimum Gasteiger partial charge on any atom is -0.510 e. The number of rotatable bonds is 3. The van der Waals surface area contributed by atoms with Gasteiger partial charge in [-0.05, 0) is 62.2 Å². The van der Waals surface area contributed by atoms with Gasteiger partial charge in [0.25, 0.3) is 5.91 Å². The normalized spacial score (nSPS) is 26.1. The molecule has 1 aromatic heterocycles. The summed E-state index contributed by atoms with van der Waals surface area (Å²) in [6, 6.07) is 11.6. The second-order valence-electron chi connectivity index (χ2n) is 10.9. The fourth-order valence-electron chi connectivity index (χ4n) is 6.74. The first-order valence-electron chi connectivity index (χ1n) is 12.8. The number of aliphatic hydroxyl groups excluding tert-OH is 2. The molecular formula is C30H27N3O7. The van der Waals surface area contributed by atoms with E-state index in [2.05, 4.69) is 4.98 Å². The lowest BCUT2D eigenvalue weighted by Gasteiger charge is -2.50. The van der Waals surface area contributed by atoms with E-state index in [1.54, 1.807) is 26.4 Å². The van der Waals surface area contributed by atoms with E-state index in [9.17, 15) is 34.8 Å². The molecule has 0 unspecified atom stereocenters. The summed E-state index contributed by atoms with van der Waals surface area (Å²) >= 11 is 0. The molecule has 1 amide bonds. The van der Waals surface area contributed by atoms with Crippen LogP contribution in [0, 0.1) is 11.8 Å². The molecule has 204 valence electrons. The number of nitrogens with two attached hydrogens (primary N) is 1. The number of likely N-dealkylation sites (N-methyl/N-ethyl adjacent to an activating group) is 1. The number of amides is 1. The average molecular weight is 542 g/mol. The third-order valence-electron chi connectivity index (χ3n) is 8.51. The molecule has 10 nitrogen and oxygen atoms in total. The van der Waals surface area contributed by atoms with Gasteiger partial charge in [-0.25, -0.2) is 0 Å². The number of aliphatic hydroxyl groups is 3. The molecule has 0 saturated carbocycles. The van der Waals surface area contributed by atoms with Crippen molar-refractivity contribution in [2.45, 2.75) is 24.5 Å². The summed E-state index contributed by atoms with van der Waals surface area (Å²) < 4.78 is 0. The highest BCUT2D eigenvalue weighted by Crippen LogP contribution is 2.53. The minimum absolute atomic E-state index is 0.0246. The number of hydrogen-bond acceptors (Lipinski definition) is 9. The maximum Gasteiger partial charge on any atom is 0.255 e. The molecular weight excluding hydrogens is 514 g/mol. The van der Waals surface area contributed by atoms with E-state index in [0.29, 0.717) is 11.1 Å². The molecule has 6 rings (SSSR count). The zero-order valence-electron chi connectivity index (χ0n) is 21.8. The lowest BCUT2D eigenvalue weighted by molar-refractivity contribution is -0.148. The molecule has 3 aliphatic carbocycles. The Kier molecular flexibility index (Phi) is 5.62. The van der Waals surface area contributed by atoms with Gasteiger partial charge in [0.2, 0.25) is 5.78 Å². The van der Waals surface area contributed by atoms with E-state index < -0.39 is 58.0 Å². The Morgan fingerprint density at radius 3 is 2.52 bits per heavy atom. The number of aromatic nitrogens is 1. The fourth-order valence-corrected chi connectivity index (χ4v) is 6.74. The third-order valence-corrected chi connectivity index (χ3v) is 8.51. The van der Waals surface area contributed by atoms with Gasteiger partial charge >= 0.3 is 0 Å². The van der Waals surface area contributed by atoms with Crippen LogP contribution in [0.4, 0.5) is 0 Å². The number of primary amides is 1. The second-order valence-corrected chi connectivity index (χ2v) is 10.9. The van der Waals surface area contributed by atoms with E-state index in [1.807, 2.05) is 30.3 Å². The highest BCUT2D eigenvalue weighted by atomic mass is 16.3. The molecule has 0 bridgehead atoms. The van der Waals surface area contributed by atoms with Crippen molar-refractivity contribution >= 4 is 28.4 Å². The number of allylic oxidation sites excluding steroid dienone is 1. The molecule has 1 heterocycles. The SMILES string of the molecule is CN(C)[C@H]1C(O)=C(C(N)=O)C(=O)[C@@]2(O)C(O)=C3C(=O)c4c(O)ccc(-c5cnc6ccccc6c5)c4C[C@H]3C[C@@H]12. The molecule has 4 atom stereocenters. The maximum absolute atomic E-state index is 13.9. The molecule has 6 N–H and O–H groups in total. The first-order valence-corrected chi connectivity index (χ1v) is 12.8. The summed E-state index contributed by atoms with van der Waals surface area (Å²) in [5, 5.41) is 45.7. The highest BCUT2D eigenvalue weighted by Gasteiger charge is 2.63. The van der Waals surface area contributed by atoms with Gasteiger partial charge < -0.3 is 26.2 Å². The van der Waals surface area contributed by atoms with Crippen molar-refractivity contribution < 1.29 is 34.8 Å². The highest BCUT2D eigenvalue weighted by molar-refractivity contribution is 6.25. The van der Waals surface area contributed by atoms with Crippen molar-refractivity contribution in [3.05, 3.63) is 82.5 Å². The number of phenols is 1. The Labute approximate surface area is 228 Å². The van der Waals surface area contributed by atoms with Crippen molar-refractivity contribution in [1.82, 2.24) is 9.88 Å². The van der Waals surface area contributed by atoms with E-state index in [-0.39, 0.29) is 29.7 Å². The molecule has 2 aromatic carbocycles. The zero-order chi connectivity index (χ0) is 28.7. The lowest BCUT2D eigenvalue weighted by Crippen LogP contribution is -2.63. The number of ketones is 2. The standard InChI is InChI=1S/C30H27N3O7/c1-33(2)24-18-11-14-10-17-16(15-9-13-5-3-4-6-19(13)32-12-15)7-8-20(34)22(17)25(35)21(14)27(37)30(18,40)28(38)23(26(24)36)29(31)39/h3-9,12,14,18,24,34,36-37,40H,10-11H2,1-2H3,(H2,31,39)/t14-,18-,24+,30-/m0/s1. The van der Waals surface area contributed by atoms with E-state index in [4.69, 9.17) is 5.73 Å². The molecule has 0 aliphatic heterocycles. The van der Waals surface area contributed by atoms with Crippen LogP contribution >= 0.6 is 0 Å². The first-order chi connectivity index (χ1) is 19.0. The van der Waals surface area contributed by atoms with Crippen LogP contribution < -0.4 is 5.73 Å². The van der Waals surface area contributed by atoms with E-state index >= 15 is 0 Å². The topological polar surface area (TPSA) is 174 Å². The Morgan fingerprint density at radius 2 is 1.82 bits per heavy atom. The summed E-state index contributed by atoms with van der Waals surface area (Å²) in [4.78, 5) is 45.5. The van der Waals surface area contributed by atoms with Crippen molar-refractivity contribution in [2.24, 2.45) is 17.6 Å². The number of carbonyl (C=O) groups excluding carboxylic acids is 3. The molecule has 3 aromatic rings. The number of carbonyl (C=O) groups is 3. The molecule has 0 saturated heterocycles. The van der Waals surface area contributed by atoms with Crippen LogP contribution in [0.15, 0.2) is 71.3 Å². The maximum atomic E-state index is 13.9. The first kappa shape index (κ1) is 25.7. The van der Waals surface area contributed by atoms with Crippen molar-refractivity contribution in [3.8, 4) is 16.9 Å². The summed E-state index contributed by atoms with van der Waals surface area (Å²) in [6.45, 7) is 0. The molecule has 0 spiro atoms. The van der Waals surface area contributed by atoms with Gasteiger partial charge in [-0.3, -0.25) is 24.3 Å². The van der Waals surface area contributed by atoms with Gasteiger partial charge in [0.05, 0.1) is 17.1 Å². The fraction of sp³-hybridized carbons (Fsp3) is 0.267. The van der Waals surface area contributed by atoms with Gasteiger partial charge in [-0.2, -0.15) is 0 Å². The number of pyridine rings is 1.